The van der Waals surface area contributed by atoms with Crippen LogP contribution in [0.4, 0.5) is 0 Å². The van der Waals surface area contributed by atoms with Gasteiger partial charge in [-0.3, -0.25) is 4.79 Å². The van der Waals surface area contributed by atoms with Gasteiger partial charge in [0.15, 0.2) is 0 Å². The second kappa shape index (κ2) is 15.9. The van der Waals surface area contributed by atoms with Crippen molar-refractivity contribution in [2.75, 3.05) is 7.05 Å². The lowest BCUT2D eigenvalue weighted by molar-refractivity contribution is -0.136. The highest BCUT2D eigenvalue weighted by molar-refractivity contribution is 5.78. The van der Waals surface area contributed by atoms with E-state index < -0.39 is 0 Å². The smallest absolute Gasteiger partial charge is 0.226 e. The van der Waals surface area contributed by atoms with E-state index in [1.54, 1.807) is 4.90 Å². The summed E-state index contributed by atoms with van der Waals surface area (Å²) in [4.78, 5) is 13.9. The molecule has 2 N–H and O–H groups in total. The molecular formula is C21H44N2O. The summed E-state index contributed by atoms with van der Waals surface area (Å²) in [5.74, 6) is 0.308. The molecule has 0 bridgehead atoms. The fourth-order valence-corrected chi connectivity index (χ4v) is 3.20. The van der Waals surface area contributed by atoms with Crippen LogP contribution >= 0.6 is 0 Å². The molecule has 0 spiro atoms. The maximum Gasteiger partial charge on any atom is 0.226 e. The summed E-state index contributed by atoms with van der Waals surface area (Å²) in [6, 6.07) is 0. The monoisotopic (exact) mass is 340 g/mol. The van der Waals surface area contributed by atoms with Crippen molar-refractivity contribution in [1.82, 2.24) is 4.90 Å². The minimum Gasteiger partial charge on any atom is -0.330 e. The van der Waals surface area contributed by atoms with Crippen LogP contribution in [0.1, 0.15) is 111 Å². The van der Waals surface area contributed by atoms with Gasteiger partial charge in [0.05, 0.1) is 6.17 Å². The van der Waals surface area contributed by atoms with Gasteiger partial charge in [0.25, 0.3) is 0 Å². The molecule has 24 heavy (non-hydrogen) atoms. The van der Waals surface area contributed by atoms with Crippen molar-refractivity contribution < 1.29 is 4.79 Å². The van der Waals surface area contributed by atoms with Gasteiger partial charge in [-0.1, -0.05) is 97.8 Å². The molecule has 0 aromatic rings. The first-order valence-electron chi connectivity index (χ1n) is 10.6. The van der Waals surface area contributed by atoms with E-state index in [9.17, 15) is 4.79 Å². The Bertz CT molecular complexity index is 294. The van der Waals surface area contributed by atoms with Crippen LogP contribution in [0.5, 0.6) is 0 Å². The average Bonchev–Trinajstić information content (AvgIpc) is 2.60. The van der Waals surface area contributed by atoms with Gasteiger partial charge in [0, 0.05) is 13.0 Å². The molecule has 0 saturated carbocycles. The van der Waals surface area contributed by atoms with E-state index in [0.29, 0.717) is 0 Å². The van der Waals surface area contributed by atoms with Crippen LogP contribution < -0.4 is 5.73 Å². The van der Waals surface area contributed by atoms with Crippen molar-refractivity contribution >= 4 is 5.91 Å². The number of nitrogens with two attached hydrogens (primary N) is 1. The Morgan fingerprint density at radius 2 is 1.25 bits per heavy atom. The summed E-state index contributed by atoms with van der Waals surface area (Å²) in [6.45, 7) is 6.33. The van der Waals surface area contributed by atoms with Gasteiger partial charge in [-0.2, -0.15) is 0 Å². The quantitative estimate of drug-likeness (QED) is 0.282. The number of rotatable bonds is 16. The summed E-state index contributed by atoms with van der Waals surface area (Å²) >= 11 is 0. The molecule has 3 nitrogen and oxygen atoms in total. The highest BCUT2D eigenvalue weighted by atomic mass is 16.2. The second-order valence-electron chi connectivity index (χ2n) is 7.50. The molecule has 0 aromatic heterocycles. The van der Waals surface area contributed by atoms with Crippen molar-refractivity contribution in [2.24, 2.45) is 11.7 Å². The lowest BCUT2D eigenvalue weighted by Crippen LogP contribution is -2.44. The van der Waals surface area contributed by atoms with Gasteiger partial charge in [-0.15, -0.1) is 0 Å². The van der Waals surface area contributed by atoms with Crippen LogP contribution in [-0.2, 0) is 4.79 Å². The van der Waals surface area contributed by atoms with Crippen molar-refractivity contribution in [3.8, 4) is 0 Å². The molecule has 0 saturated heterocycles. The molecule has 0 fully saturated rings. The summed E-state index contributed by atoms with van der Waals surface area (Å²) < 4.78 is 0. The average molecular weight is 341 g/mol. The van der Waals surface area contributed by atoms with Gasteiger partial charge in [0.1, 0.15) is 0 Å². The molecule has 3 heteroatoms. The van der Waals surface area contributed by atoms with Gasteiger partial charge in [0.2, 0.25) is 5.91 Å². The van der Waals surface area contributed by atoms with Crippen LogP contribution in [0.3, 0.4) is 0 Å². The van der Waals surface area contributed by atoms with Crippen molar-refractivity contribution in [1.29, 1.82) is 0 Å². The molecule has 2 atom stereocenters. The van der Waals surface area contributed by atoms with E-state index in [1.807, 2.05) is 20.9 Å². The molecule has 144 valence electrons. The molecule has 0 aromatic carbocycles. The van der Waals surface area contributed by atoms with Crippen molar-refractivity contribution in [3.05, 3.63) is 0 Å². The molecular weight excluding hydrogens is 296 g/mol. The van der Waals surface area contributed by atoms with Crippen LogP contribution in [0, 0.1) is 5.92 Å². The Kier molecular flexibility index (Phi) is 15.6. The van der Waals surface area contributed by atoms with E-state index in [2.05, 4.69) is 6.92 Å². The highest BCUT2D eigenvalue weighted by Crippen LogP contribution is 2.16. The first-order chi connectivity index (χ1) is 11.5. The highest BCUT2D eigenvalue weighted by Gasteiger charge is 2.20. The summed E-state index contributed by atoms with van der Waals surface area (Å²) in [5.41, 5.74) is 5.93. The number of hydrogen-bond donors (Lipinski definition) is 1. The van der Waals surface area contributed by atoms with E-state index in [4.69, 9.17) is 5.73 Å². The fourth-order valence-electron chi connectivity index (χ4n) is 3.20. The minimum atomic E-state index is -0.137. The third kappa shape index (κ3) is 11.9. The maximum atomic E-state index is 12.2. The SMILES string of the molecule is CCCCCCCCCCCCCCC(C)C(=O)N(C)C(N)CC. The van der Waals surface area contributed by atoms with Crippen LogP contribution in [0.2, 0.25) is 0 Å². The molecule has 0 heterocycles. The number of amides is 1. The zero-order valence-corrected chi connectivity index (χ0v) is 17.0. The fraction of sp³-hybridized carbons (Fsp3) is 0.952. The van der Waals surface area contributed by atoms with Gasteiger partial charge >= 0.3 is 0 Å². The number of unbranched alkanes of at least 4 members (excludes halogenated alkanes) is 11. The zero-order valence-electron chi connectivity index (χ0n) is 17.0. The minimum absolute atomic E-state index is 0.107. The molecule has 0 aliphatic heterocycles. The molecule has 0 radical (unpaired) electrons. The number of nitrogens with zero attached hydrogens (tertiary/aromatic N) is 1. The van der Waals surface area contributed by atoms with Crippen LogP contribution in [0.15, 0.2) is 0 Å². The van der Waals surface area contributed by atoms with Gasteiger partial charge < -0.3 is 10.6 Å². The Morgan fingerprint density at radius 3 is 1.67 bits per heavy atom. The summed E-state index contributed by atoms with van der Waals surface area (Å²) in [7, 11) is 1.83. The van der Waals surface area contributed by atoms with Gasteiger partial charge in [-0.05, 0) is 12.8 Å². The topological polar surface area (TPSA) is 46.3 Å². The van der Waals surface area contributed by atoms with E-state index in [0.717, 1.165) is 12.8 Å². The van der Waals surface area contributed by atoms with Crippen molar-refractivity contribution in [2.45, 2.75) is 117 Å². The Hall–Kier alpha value is -0.570. The predicted molar refractivity (Wildman–Crippen MR) is 106 cm³/mol. The summed E-state index contributed by atoms with van der Waals surface area (Å²) in [5, 5.41) is 0. The first-order valence-corrected chi connectivity index (χ1v) is 10.6. The molecule has 0 aliphatic rings. The van der Waals surface area contributed by atoms with E-state index in [1.165, 1.54) is 77.0 Å². The van der Waals surface area contributed by atoms with Crippen LogP contribution in [0.25, 0.3) is 0 Å². The second-order valence-corrected chi connectivity index (χ2v) is 7.50. The third-order valence-corrected chi connectivity index (χ3v) is 5.18. The third-order valence-electron chi connectivity index (χ3n) is 5.18. The molecule has 1 amide bonds. The maximum absolute atomic E-state index is 12.2. The number of carbonyl (C=O) groups is 1. The van der Waals surface area contributed by atoms with Gasteiger partial charge in [-0.25, -0.2) is 0 Å². The van der Waals surface area contributed by atoms with Crippen molar-refractivity contribution in [3.63, 3.8) is 0 Å². The Balaban J connectivity index is 3.45. The Morgan fingerprint density at radius 1 is 0.833 bits per heavy atom. The lowest BCUT2D eigenvalue weighted by atomic mass is 10.00. The molecule has 2 unspecified atom stereocenters. The van der Waals surface area contributed by atoms with E-state index in [-0.39, 0.29) is 18.0 Å². The lowest BCUT2D eigenvalue weighted by Gasteiger charge is -2.26. The number of hydrogen-bond acceptors (Lipinski definition) is 2. The summed E-state index contributed by atoms with van der Waals surface area (Å²) in [6.07, 6.45) is 18.0. The zero-order chi connectivity index (χ0) is 18.2. The number of carbonyl (C=O) groups excluding carboxylic acids is 1. The van der Waals surface area contributed by atoms with Crippen LogP contribution in [-0.4, -0.2) is 24.0 Å². The first kappa shape index (κ1) is 23.4. The Labute approximate surface area is 151 Å². The molecule has 0 rings (SSSR count). The predicted octanol–water partition coefficient (Wildman–Crippen LogP) is 5.87. The standard InChI is InChI=1S/C21H44N2O/c1-5-7-8-9-10-11-12-13-14-15-16-17-18-19(3)21(24)23(4)20(22)6-2/h19-20H,5-18,22H2,1-4H3. The molecule has 0 aliphatic carbocycles. The largest absolute Gasteiger partial charge is 0.330 e. The normalized spacial score (nSPS) is 13.7. The van der Waals surface area contributed by atoms with E-state index >= 15 is 0 Å².